The van der Waals surface area contributed by atoms with Crippen molar-refractivity contribution in [3.05, 3.63) is 71.6 Å². The van der Waals surface area contributed by atoms with Crippen molar-refractivity contribution >= 4 is 33.7 Å². The summed E-state index contributed by atoms with van der Waals surface area (Å²) in [4.78, 5) is 31.1. The molecule has 2 amide bonds. The van der Waals surface area contributed by atoms with Crippen molar-refractivity contribution in [3.8, 4) is 0 Å². The fraction of sp³-hybridized carbons (Fsp3) is 0.333. The van der Waals surface area contributed by atoms with E-state index in [1.54, 1.807) is 11.9 Å². The zero-order valence-electron chi connectivity index (χ0n) is 19.6. The molecule has 2 aromatic carbocycles. The number of H-pyrrole nitrogens is 1. The highest BCUT2D eigenvalue weighted by Crippen LogP contribution is 2.28. The number of carbonyl (C=O) groups excluding carboxylic acids is 2. The first kappa shape index (κ1) is 22.6. The van der Waals surface area contributed by atoms with Crippen LogP contribution in [0.5, 0.6) is 0 Å². The predicted octanol–water partition coefficient (Wildman–Crippen LogP) is 4.82. The number of benzene rings is 2. The normalized spacial score (nSPS) is 12.4. The van der Waals surface area contributed by atoms with Gasteiger partial charge in [0, 0.05) is 60.4 Å². The number of aryl methyl sites for hydroxylation is 1. The molecule has 0 saturated heterocycles. The molecule has 0 radical (unpaired) electrons. The number of likely N-dealkylation sites (N-methyl/N-ethyl adjacent to an activating group) is 1. The van der Waals surface area contributed by atoms with Crippen LogP contribution < -0.4 is 5.32 Å². The number of fused-ring (bicyclic) bond motifs is 2. The lowest BCUT2D eigenvalue weighted by molar-refractivity contribution is -0.136. The van der Waals surface area contributed by atoms with E-state index in [0.717, 1.165) is 45.2 Å². The molecule has 2 aromatic heterocycles. The summed E-state index contributed by atoms with van der Waals surface area (Å²) in [6.07, 6.45) is 3.08. The fourth-order valence-electron chi connectivity index (χ4n) is 4.25. The molecule has 0 fully saturated rings. The van der Waals surface area contributed by atoms with Gasteiger partial charge in [0.05, 0.1) is 0 Å². The van der Waals surface area contributed by atoms with E-state index in [-0.39, 0.29) is 17.7 Å². The Hall–Kier alpha value is -3.54. The van der Waals surface area contributed by atoms with Gasteiger partial charge < -0.3 is 19.6 Å². The monoisotopic (exact) mass is 445 g/mol. The summed E-state index contributed by atoms with van der Waals surface area (Å²) in [5, 5.41) is 5.06. The number of hydrogen-bond donors (Lipinski definition) is 2. The first-order chi connectivity index (χ1) is 15.9. The second kappa shape index (κ2) is 9.53. The molecule has 0 saturated carbocycles. The third kappa shape index (κ3) is 4.65. The minimum Gasteiger partial charge on any atom is -0.461 e. The summed E-state index contributed by atoms with van der Waals surface area (Å²) >= 11 is 0. The molecule has 2 heterocycles. The van der Waals surface area contributed by atoms with Crippen molar-refractivity contribution in [2.24, 2.45) is 5.92 Å². The van der Waals surface area contributed by atoms with E-state index in [9.17, 15) is 9.59 Å². The molecule has 4 aromatic rings. The van der Waals surface area contributed by atoms with E-state index in [1.165, 1.54) is 0 Å². The standard InChI is InChI=1S/C27H31N3O3/c1-5-24-21(20-11-7-9-13-25(20)33-24)16-30(4)27(32)23(29-26(31)17(2)3)14-18-15-28-22-12-8-6-10-19(18)22/h6-13,15,17,23,28H,5,14,16H2,1-4H3,(H,29,31). The van der Waals surface area contributed by atoms with Gasteiger partial charge in [-0.25, -0.2) is 0 Å². The van der Waals surface area contributed by atoms with Gasteiger partial charge in [-0.2, -0.15) is 0 Å². The third-order valence-electron chi connectivity index (χ3n) is 6.11. The van der Waals surface area contributed by atoms with Gasteiger partial charge in [-0.15, -0.1) is 0 Å². The number of nitrogens with zero attached hydrogens (tertiary/aromatic N) is 1. The molecule has 0 aliphatic heterocycles. The zero-order valence-corrected chi connectivity index (χ0v) is 19.6. The van der Waals surface area contributed by atoms with Gasteiger partial charge in [0.1, 0.15) is 17.4 Å². The number of furan rings is 1. The molecule has 0 aliphatic carbocycles. The van der Waals surface area contributed by atoms with Crippen LogP contribution in [0.4, 0.5) is 0 Å². The van der Waals surface area contributed by atoms with Crippen molar-refractivity contribution in [1.29, 1.82) is 0 Å². The Morgan fingerprint density at radius 3 is 2.48 bits per heavy atom. The molecular formula is C27H31N3O3. The van der Waals surface area contributed by atoms with Gasteiger partial charge in [-0.3, -0.25) is 9.59 Å². The highest BCUT2D eigenvalue weighted by atomic mass is 16.3. The zero-order chi connectivity index (χ0) is 23.5. The van der Waals surface area contributed by atoms with Crippen LogP contribution in [0.15, 0.2) is 59.1 Å². The Labute approximate surface area is 194 Å². The summed E-state index contributed by atoms with van der Waals surface area (Å²) in [5.74, 6) is 0.416. The highest BCUT2D eigenvalue weighted by molar-refractivity contribution is 5.90. The first-order valence-electron chi connectivity index (χ1n) is 11.5. The topological polar surface area (TPSA) is 78.3 Å². The van der Waals surface area contributed by atoms with Crippen LogP contribution in [-0.2, 0) is 29.0 Å². The van der Waals surface area contributed by atoms with Crippen molar-refractivity contribution < 1.29 is 14.0 Å². The fourth-order valence-corrected chi connectivity index (χ4v) is 4.25. The van der Waals surface area contributed by atoms with Gasteiger partial charge in [0.2, 0.25) is 11.8 Å². The Morgan fingerprint density at radius 2 is 1.76 bits per heavy atom. The average Bonchev–Trinajstić information content (AvgIpc) is 3.39. The largest absolute Gasteiger partial charge is 0.461 e. The summed E-state index contributed by atoms with van der Waals surface area (Å²) in [5.41, 5.74) is 3.86. The highest BCUT2D eigenvalue weighted by Gasteiger charge is 2.27. The SMILES string of the molecule is CCc1oc2ccccc2c1CN(C)C(=O)C(Cc1c[nH]c2ccccc12)NC(=O)C(C)C. The van der Waals surface area contributed by atoms with Crippen LogP contribution in [0.1, 0.15) is 37.7 Å². The van der Waals surface area contributed by atoms with Crippen LogP contribution in [0.25, 0.3) is 21.9 Å². The van der Waals surface area contributed by atoms with Crippen molar-refractivity contribution in [2.75, 3.05) is 7.05 Å². The number of amides is 2. The van der Waals surface area contributed by atoms with Crippen LogP contribution in [0.2, 0.25) is 0 Å². The van der Waals surface area contributed by atoms with Gasteiger partial charge in [-0.05, 0) is 17.7 Å². The molecule has 2 N–H and O–H groups in total. The lowest BCUT2D eigenvalue weighted by atomic mass is 10.0. The quantitative estimate of drug-likeness (QED) is 0.408. The van der Waals surface area contributed by atoms with Crippen molar-refractivity contribution in [3.63, 3.8) is 0 Å². The number of carbonyl (C=O) groups is 2. The number of para-hydroxylation sites is 2. The van der Waals surface area contributed by atoms with Gasteiger partial charge in [-0.1, -0.05) is 57.2 Å². The van der Waals surface area contributed by atoms with Crippen LogP contribution in [0, 0.1) is 5.92 Å². The van der Waals surface area contributed by atoms with Gasteiger partial charge in [0.15, 0.2) is 0 Å². The molecule has 0 bridgehead atoms. The Morgan fingerprint density at radius 1 is 1.06 bits per heavy atom. The first-order valence-corrected chi connectivity index (χ1v) is 11.5. The van der Waals surface area contributed by atoms with E-state index in [4.69, 9.17) is 4.42 Å². The molecule has 6 heteroatoms. The van der Waals surface area contributed by atoms with Gasteiger partial charge >= 0.3 is 0 Å². The second-order valence-electron chi connectivity index (χ2n) is 8.83. The molecule has 33 heavy (non-hydrogen) atoms. The maximum Gasteiger partial charge on any atom is 0.245 e. The van der Waals surface area contributed by atoms with Crippen LogP contribution in [0.3, 0.4) is 0 Å². The molecule has 0 spiro atoms. The lowest BCUT2D eigenvalue weighted by Crippen LogP contribution is -2.49. The maximum absolute atomic E-state index is 13.6. The van der Waals surface area contributed by atoms with E-state index in [1.807, 2.05) is 75.5 Å². The molecule has 1 unspecified atom stereocenters. The minimum atomic E-state index is -0.660. The lowest BCUT2D eigenvalue weighted by Gasteiger charge is -2.25. The summed E-state index contributed by atoms with van der Waals surface area (Å²) in [6, 6.07) is 15.2. The summed E-state index contributed by atoms with van der Waals surface area (Å²) < 4.78 is 6.01. The van der Waals surface area contributed by atoms with E-state index >= 15 is 0 Å². The Bertz CT molecular complexity index is 1280. The Balaban J connectivity index is 1.61. The maximum atomic E-state index is 13.6. The Kier molecular flexibility index (Phi) is 6.54. The van der Waals surface area contributed by atoms with Gasteiger partial charge in [0.25, 0.3) is 0 Å². The molecule has 0 aliphatic rings. The van der Waals surface area contributed by atoms with Crippen molar-refractivity contribution in [2.45, 2.75) is 46.2 Å². The average molecular weight is 446 g/mol. The van der Waals surface area contributed by atoms with Crippen LogP contribution in [-0.4, -0.2) is 34.8 Å². The minimum absolute atomic E-state index is 0.124. The predicted molar refractivity (Wildman–Crippen MR) is 131 cm³/mol. The second-order valence-corrected chi connectivity index (χ2v) is 8.83. The van der Waals surface area contributed by atoms with Crippen LogP contribution >= 0.6 is 0 Å². The summed E-state index contributed by atoms with van der Waals surface area (Å²) in [6.45, 7) is 6.13. The molecule has 6 nitrogen and oxygen atoms in total. The molecule has 4 rings (SSSR count). The van der Waals surface area contributed by atoms with E-state index < -0.39 is 6.04 Å². The molecular weight excluding hydrogens is 414 g/mol. The number of rotatable bonds is 8. The smallest absolute Gasteiger partial charge is 0.245 e. The molecule has 172 valence electrons. The van der Waals surface area contributed by atoms with Crippen molar-refractivity contribution in [1.82, 2.24) is 15.2 Å². The number of aromatic amines is 1. The number of aromatic nitrogens is 1. The number of hydrogen-bond acceptors (Lipinski definition) is 3. The number of nitrogens with one attached hydrogen (secondary N) is 2. The van der Waals surface area contributed by atoms with E-state index in [2.05, 4.69) is 10.3 Å². The van der Waals surface area contributed by atoms with E-state index in [0.29, 0.717) is 13.0 Å². The summed E-state index contributed by atoms with van der Waals surface area (Å²) in [7, 11) is 1.79. The molecule has 1 atom stereocenters. The third-order valence-corrected chi connectivity index (χ3v) is 6.11.